The lowest BCUT2D eigenvalue weighted by Gasteiger charge is -2.00. The van der Waals surface area contributed by atoms with Crippen LogP contribution in [-0.2, 0) is 0 Å². The van der Waals surface area contributed by atoms with Crippen LogP contribution in [0, 0.1) is 5.92 Å². The van der Waals surface area contributed by atoms with Crippen molar-refractivity contribution >= 4 is 15.9 Å². The van der Waals surface area contributed by atoms with Crippen molar-refractivity contribution in [2.75, 3.05) is 13.1 Å². The van der Waals surface area contributed by atoms with E-state index in [0.29, 0.717) is 5.92 Å². The summed E-state index contributed by atoms with van der Waals surface area (Å²) in [5.41, 5.74) is 1.25. The summed E-state index contributed by atoms with van der Waals surface area (Å²) < 4.78 is 1.06. The van der Waals surface area contributed by atoms with Gasteiger partial charge in [0, 0.05) is 22.3 Å². The standard InChI is InChI=1S/C11H15BrN2/c1-2-13-6-8-5-10(8)11-4-3-9(12)7-14-11/h3-4,7-8,10,13H,2,5-6H2,1H3. The van der Waals surface area contributed by atoms with Gasteiger partial charge in [0.05, 0.1) is 0 Å². The van der Waals surface area contributed by atoms with Crippen LogP contribution in [0.5, 0.6) is 0 Å². The van der Waals surface area contributed by atoms with Crippen molar-refractivity contribution in [2.45, 2.75) is 19.3 Å². The van der Waals surface area contributed by atoms with Gasteiger partial charge in [-0.25, -0.2) is 0 Å². The van der Waals surface area contributed by atoms with E-state index in [4.69, 9.17) is 0 Å². The molecule has 1 aliphatic rings. The molecule has 0 spiro atoms. The van der Waals surface area contributed by atoms with Crippen LogP contribution in [0.4, 0.5) is 0 Å². The molecule has 0 amide bonds. The van der Waals surface area contributed by atoms with Crippen molar-refractivity contribution in [2.24, 2.45) is 5.92 Å². The Balaban J connectivity index is 1.89. The molecule has 2 unspecified atom stereocenters. The number of pyridine rings is 1. The van der Waals surface area contributed by atoms with Gasteiger partial charge >= 0.3 is 0 Å². The van der Waals surface area contributed by atoms with Crippen LogP contribution in [0.2, 0.25) is 0 Å². The topological polar surface area (TPSA) is 24.9 Å². The van der Waals surface area contributed by atoms with Gasteiger partial charge in [0.1, 0.15) is 0 Å². The number of halogens is 1. The first-order valence-corrected chi connectivity index (χ1v) is 5.92. The first-order chi connectivity index (χ1) is 6.81. The van der Waals surface area contributed by atoms with E-state index < -0.39 is 0 Å². The van der Waals surface area contributed by atoms with Gasteiger partial charge < -0.3 is 5.32 Å². The molecule has 2 atom stereocenters. The lowest BCUT2D eigenvalue weighted by atomic mass is 10.2. The Morgan fingerprint density at radius 1 is 1.57 bits per heavy atom. The van der Waals surface area contributed by atoms with E-state index in [1.54, 1.807) is 0 Å². The quantitative estimate of drug-likeness (QED) is 0.894. The Hall–Kier alpha value is -0.410. The molecule has 1 aromatic rings. The largest absolute Gasteiger partial charge is 0.317 e. The Labute approximate surface area is 93.3 Å². The molecule has 3 heteroatoms. The zero-order valence-corrected chi connectivity index (χ0v) is 9.92. The fraction of sp³-hybridized carbons (Fsp3) is 0.545. The Bertz CT molecular complexity index is 297. The normalized spacial score (nSPS) is 25.0. The molecule has 14 heavy (non-hydrogen) atoms. The van der Waals surface area contributed by atoms with Gasteiger partial charge in [-0.05, 0) is 53.5 Å². The Morgan fingerprint density at radius 3 is 3.07 bits per heavy atom. The molecule has 1 saturated carbocycles. The number of nitrogens with zero attached hydrogens (tertiary/aromatic N) is 1. The van der Waals surface area contributed by atoms with E-state index in [9.17, 15) is 0 Å². The van der Waals surface area contributed by atoms with Crippen molar-refractivity contribution in [3.8, 4) is 0 Å². The van der Waals surface area contributed by atoms with E-state index in [1.807, 2.05) is 6.20 Å². The van der Waals surface area contributed by atoms with Gasteiger partial charge in [0.15, 0.2) is 0 Å². The molecule has 2 rings (SSSR count). The highest BCUT2D eigenvalue weighted by Gasteiger charge is 2.38. The minimum atomic E-state index is 0.696. The lowest BCUT2D eigenvalue weighted by molar-refractivity contribution is 0.646. The Kier molecular flexibility index (Phi) is 3.19. The molecule has 1 heterocycles. The van der Waals surface area contributed by atoms with Gasteiger partial charge in [-0.1, -0.05) is 6.92 Å². The summed E-state index contributed by atoms with van der Waals surface area (Å²) in [5, 5.41) is 3.38. The second kappa shape index (κ2) is 4.41. The minimum Gasteiger partial charge on any atom is -0.317 e. The van der Waals surface area contributed by atoms with Crippen molar-refractivity contribution in [3.63, 3.8) is 0 Å². The zero-order chi connectivity index (χ0) is 9.97. The van der Waals surface area contributed by atoms with E-state index in [1.165, 1.54) is 12.1 Å². The highest BCUT2D eigenvalue weighted by atomic mass is 79.9. The molecule has 0 saturated heterocycles. The molecule has 0 bridgehead atoms. The summed E-state index contributed by atoms with van der Waals surface area (Å²) in [5.74, 6) is 1.51. The van der Waals surface area contributed by atoms with Crippen LogP contribution >= 0.6 is 15.9 Å². The molecule has 0 aliphatic heterocycles. The number of nitrogens with one attached hydrogen (secondary N) is 1. The monoisotopic (exact) mass is 254 g/mol. The molecule has 0 aromatic carbocycles. The maximum atomic E-state index is 4.42. The van der Waals surface area contributed by atoms with Gasteiger partial charge in [0.2, 0.25) is 0 Å². The van der Waals surface area contributed by atoms with Crippen LogP contribution in [0.1, 0.15) is 25.0 Å². The number of hydrogen-bond acceptors (Lipinski definition) is 2. The average molecular weight is 255 g/mol. The fourth-order valence-corrected chi connectivity index (χ4v) is 2.01. The molecular formula is C11H15BrN2. The summed E-state index contributed by atoms with van der Waals surface area (Å²) in [7, 11) is 0. The predicted octanol–water partition coefficient (Wildman–Crippen LogP) is 2.56. The van der Waals surface area contributed by atoms with Crippen LogP contribution in [0.3, 0.4) is 0 Å². The molecule has 1 N–H and O–H groups in total. The van der Waals surface area contributed by atoms with Crippen molar-refractivity contribution in [1.29, 1.82) is 0 Å². The molecule has 1 aromatic heterocycles. The predicted molar refractivity (Wildman–Crippen MR) is 61.3 cm³/mol. The van der Waals surface area contributed by atoms with Crippen LogP contribution in [-0.4, -0.2) is 18.1 Å². The zero-order valence-electron chi connectivity index (χ0n) is 8.33. The van der Waals surface area contributed by atoms with Crippen LogP contribution in [0.25, 0.3) is 0 Å². The SMILES string of the molecule is CCNCC1CC1c1ccc(Br)cn1. The number of hydrogen-bond donors (Lipinski definition) is 1. The van der Waals surface area contributed by atoms with Crippen molar-refractivity contribution in [3.05, 3.63) is 28.5 Å². The second-order valence-electron chi connectivity index (χ2n) is 3.81. The fourth-order valence-electron chi connectivity index (χ4n) is 1.77. The molecule has 1 aliphatic carbocycles. The van der Waals surface area contributed by atoms with Gasteiger partial charge in [-0.15, -0.1) is 0 Å². The molecule has 2 nitrogen and oxygen atoms in total. The van der Waals surface area contributed by atoms with Gasteiger partial charge in [-0.3, -0.25) is 4.98 Å². The summed E-state index contributed by atoms with van der Waals surface area (Å²) in [6, 6.07) is 4.20. The highest BCUT2D eigenvalue weighted by Crippen LogP contribution is 2.46. The summed E-state index contributed by atoms with van der Waals surface area (Å²) in [6.45, 7) is 4.35. The number of rotatable bonds is 4. The van der Waals surface area contributed by atoms with E-state index in [-0.39, 0.29) is 0 Å². The smallest absolute Gasteiger partial charge is 0.0438 e. The lowest BCUT2D eigenvalue weighted by Crippen LogP contribution is -2.16. The van der Waals surface area contributed by atoms with E-state index in [0.717, 1.165) is 23.5 Å². The third-order valence-corrected chi connectivity index (χ3v) is 3.18. The van der Waals surface area contributed by atoms with E-state index in [2.05, 4.69) is 45.3 Å². The highest BCUT2D eigenvalue weighted by molar-refractivity contribution is 9.10. The summed E-state index contributed by atoms with van der Waals surface area (Å²) in [6.07, 6.45) is 3.18. The second-order valence-corrected chi connectivity index (χ2v) is 4.73. The third-order valence-electron chi connectivity index (χ3n) is 2.71. The first kappa shape index (κ1) is 10.1. The molecule has 0 radical (unpaired) electrons. The molecule has 76 valence electrons. The van der Waals surface area contributed by atoms with Crippen LogP contribution in [0.15, 0.2) is 22.8 Å². The maximum absolute atomic E-state index is 4.42. The van der Waals surface area contributed by atoms with Gasteiger partial charge in [-0.2, -0.15) is 0 Å². The summed E-state index contributed by atoms with van der Waals surface area (Å²) >= 11 is 3.40. The molecule has 1 fully saturated rings. The Morgan fingerprint density at radius 2 is 2.43 bits per heavy atom. The van der Waals surface area contributed by atoms with Crippen LogP contribution < -0.4 is 5.32 Å². The summed E-state index contributed by atoms with van der Waals surface area (Å²) in [4.78, 5) is 4.42. The average Bonchev–Trinajstić information content (AvgIpc) is 2.95. The molecular weight excluding hydrogens is 240 g/mol. The van der Waals surface area contributed by atoms with Crippen molar-refractivity contribution < 1.29 is 0 Å². The third kappa shape index (κ3) is 2.34. The minimum absolute atomic E-state index is 0.696. The number of aromatic nitrogens is 1. The maximum Gasteiger partial charge on any atom is 0.0438 e. The van der Waals surface area contributed by atoms with Crippen molar-refractivity contribution in [1.82, 2.24) is 10.3 Å². The first-order valence-electron chi connectivity index (χ1n) is 5.13. The van der Waals surface area contributed by atoms with Gasteiger partial charge in [0.25, 0.3) is 0 Å². The van der Waals surface area contributed by atoms with E-state index >= 15 is 0 Å².